The molecule has 4 rings (SSSR count). The van der Waals surface area contributed by atoms with Gasteiger partial charge < -0.3 is 34.5 Å². The molecule has 1 aliphatic heterocycles. The first-order chi connectivity index (χ1) is 13.5. The minimum absolute atomic E-state index is 0.242. The van der Waals surface area contributed by atoms with Crippen molar-refractivity contribution in [2.75, 3.05) is 6.61 Å². The maximum absolute atomic E-state index is 10.1. The van der Waals surface area contributed by atoms with E-state index in [-0.39, 0.29) is 10.8 Å². The fraction of sp³-hybridized carbons (Fsp3) is 0.300. The number of aromatic nitrogens is 1. The smallest absolute Gasteiger partial charge is 0.229 e. The molecule has 148 valence electrons. The molecule has 0 radical (unpaired) electrons. The van der Waals surface area contributed by atoms with E-state index in [4.69, 9.17) is 21.1 Å². The number of nitrogens with zero attached hydrogens (tertiary/aromatic N) is 1. The Kier molecular flexibility index (Phi) is 5.29. The number of aliphatic hydroxyl groups is 4. The van der Waals surface area contributed by atoms with Crippen molar-refractivity contribution in [1.82, 2.24) is 4.57 Å². The van der Waals surface area contributed by atoms with E-state index in [1.807, 2.05) is 41.1 Å². The number of hydrogen-bond donors (Lipinski definition) is 4. The zero-order valence-electron chi connectivity index (χ0n) is 14.7. The maximum Gasteiger partial charge on any atom is 0.229 e. The first-order valence-electron chi connectivity index (χ1n) is 8.83. The van der Waals surface area contributed by atoms with Gasteiger partial charge in [0.25, 0.3) is 0 Å². The molecule has 1 aromatic heterocycles. The van der Waals surface area contributed by atoms with Gasteiger partial charge in [0.2, 0.25) is 6.29 Å². The molecule has 0 amide bonds. The number of fused-ring (bicyclic) bond motifs is 1. The van der Waals surface area contributed by atoms with Gasteiger partial charge in [-0.15, -0.1) is 0 Å². The van der Waals surface area contributed by atoms with Gasteiger partial charge in [-0.05, 0) is 35.7 Å². The molecule has 3 aromatic rings. The molecule has 1 saturated heterocycles. The molecule has 0 aliphatic carbocycles. The van der Waals surface area contributed by atoms with Crippen LogP contribution in [0.25, 0.3) is 16.6 Å². The van der Waals surface area contributed by atoms with Crippen molar-refractivity contribution < 1.29 is 29.9 Å². The highest BCUT2D eigenvalue weighted by Crippen LogP contribution is 2.32. The SMILES string of the molecule is OCC1OC(Oc2ccc(-n3ccc4ccccc43)cc2Cl)[C@H](O)[C@@H](O)C1O. The number of aliphatic hydroxyl groups excluding tert-OH is 4. The Morgan fingerprint density at radius 3 is 2.54 bits per heavy atom. The van der Waals surface area contributed by atoms with Crippen LogP contribution >= 0.6 is 11.6 Å². The van der Waals surface area contributed by atoms with Crippen LogP contribution in [0.2, 0.25) is 5.02 Å². The standard InChI is InChI=1S/C20H20ClNO6/c21-13-9-12(22-8-7-11-3-1-2-4-14(11)22)5-6-15(13)27-20-19(26)18(25)17(24)16(10-23)28-20/h1-9,16-20,23-26H,10H2/t16?,17?,18-,19+,20?/m0/s1. The fourth-order valence-corrected chi connectivity index (χ4v) is 3.55. The molecule has 5 atom stereocenters. The Bertz CT molecular complexity index is 974. The van der Waals surface area contributed by atoms with Crippen LogP contribution in [0.1, 0.15) is 0 Å². The highest BCUT2D eigenvalue weighted by molar-refractivity contribution is 6.32. The summed E-state index contributed by atoms with van der Waals surface area (Å²) in [5.74, 6) is 0.242. The minimum Gasteiger partial charge on any atom is -0.460 e. The van der Waals surface area contributed by atoms with Crippen LogP contribution in [0.15, 0.2) is 54.7 Å². The quantitative estimate of drug-likeness (QED) is 0.524. The molecule has 2 aromatic carbocycles. The maximum atomic E-state index is 10.1. The van der Waals surface area contributed by atoms with Crippen molar-refractivity contribution in [3.63, 3.8) is 0 Å². The molecular weight excluding hydrogens is 386 g/mol. The van der Waals surface area contributed by atoms with Crippen LogP contribution in [0, 0.1) is 0 Å². The largest absolute Gasteiger partial charge is 0.460 e. The topological polar surface area (TPSA) is 104 Å². The zero-order chi connectivity index (χ0) is 19.8. The van der Waals surface area contributed by atoms with Crippen LogP contribution in [0.3, 0.4) is 0 Å². The number of para-hydroxylation sites is 1. The average molecular weight is 406 g/mol. The van der Waals surface area contributed by atoms with E-state index in [1.54, 1.807) is 18.2 Å². The third-order valence-electron chi connectivity index (χ3n) is 4.88. The van der Waals surface area contributed by atoms with Crippen LogP contribution in [-0.4, -0.2) is 62.3 Å². The monoisotopic (exact) mass is 405 g/mol. The summed E-state index contributed by atoms with van der Waals surface area (Å²) in [6.07, 6.45) is -4.85. The molecule has 0 spiro atoms. The van der Waals surface area contributed by atoms with Gasteiger partial charge >= 0.3 is 0 Å². The van der Waals surface area contributed by atoms with Gasteiger partial charge in [-0.2, -0.15) is 0 Å². The third-order valence-corrected chi connectivity index (χ3v) is 5.18. The average Bonchev–Trinajstić information content (AvgIpc) is 3.14. The zero-order valence-corrected chi connectivity index (χ0v) is 15.5. The first-order valence-corrected chi connectivity index (χ1v) is 9.20. The summed E-state index contributed by atoms with van der Waals surface area (Å²) < 4.78 is 13.0. The molecule has 0 bridgehead atoms. The molecule has 1 fully saturated rings. The van der Waals surface area contributed by atoms with E-state index in [0.29, 0.717) is 0 Å². The van der Waals surface area contributed by atoms with Crippen molar-refractivity contribution in [3.05, 3.63) is 59.8 Å². The Morgan fingerprint density at radius 2 is 1.79 bits per heavy atom. The van der Waals surface area contributed by atoms with E-state index in [0.717, 1.165) is 16.6 Å². The summed E-state index contributed by atoms with van der Waals surface area (Å²) in [5, 5.41) is 40.5. The van der Waals surface area contributed by atoms with Crippen molar-refractivity contribution >= 4 is 22.5 Å². The molecule has 7 nitrogen and oxygen atoms in total. The van der Waals surface area contributed by atoms with Crippen molar-refractivity contribution in [1.29, 1.82) is 0 Å². The Hall–Kier alpha value is -2.13. The van der Waals surface area contributed by atoms with E-state index in [2.05, 4.69) is 0 Å². The Morgan fingerprint density at radius 1 is 1.00 bits per heavy atom. The molecule has 0 saturated carbocycles. The molecule has 8 heteroatoms. The van der Waals surface area contributed by atoms with Crippen LogP contribution in [0.4, 0.5) is 0 Å². The van der Waals surface area contributed by atoms with Crippen molar-refractivity contribution in [3.8, 4) is 11.4 Å². The molecule has 2 heterocycles. The summed E-state index contributed by atoms with van der Waals surface area (Å²) in [6, 6.07) is 15.1. The number of hydrogen-bond acceptors (Lipinski definition) is 6. The highest BCUT2D eigenvalue weighted by atomic mass is 35.5. The number of benzene rings is 2. The van der Waals surface area contributed by atoms with Crippen molar-refractivity contribution in [2.45, 2.75) is 30.7 Å². The lowest BCUT2D eigenvalue weighted by molar-refractivity contribution is -0.277. The van der Waals surface area contributed by atoms with Gasteiger partial charge in [0.15, 0.2) is 0 Å². The number of halogens is 1. The summed E-state index contributed by atoms with van der Waals surface area (Å²) in [6.45, 7) is -0.530. The first kappa shape index (κ1) is 19.2. The van der Waals surface area contributed by atoms with Gasteiger partial charge in [0.05, 0.1) is 17.1 Å². The Labute approximate surface area is 165 Å². The summed E-state index contributed by atoms with van der Waals surface area (Å²) in [4.78, 5) is 0. The van der Waals surface area contributed by atoms with Crippen LogP contribution in [0.5, 0.6) is 5.75 Å². The molecule has 1 aliphatic rings. The van der Waals surface area contributed by atoms with Gasteiger partial charge in [0, 0.05) is 11.9 Å². The second kappa shape index (κ2) is 7.71. The van der Waals surface area contributed by atoms with E-state index in [9.17, 15) is 20.4 Å². The number of ether oxygens (including phenoxy) is 2. The van der Waals surface area contributed by atoms with E-state index in [1.165, 1.54) is 0 Å². The van der Waals surface area contributed by atoms with Gasteiger partial charge in [0.1, 0.15) is 30.2 Å². The summed E-state index contributed by atoms with van der Waals surface area (Å²) >= 11 is 6.36. The van der Waals surface area contributed by atoms with Crippen LogP contribution < -0.4 is 4.74 Å². The van der Waals surface area contributed by atoms with E-state index < -0.39 is 37.3 Å². The van der Waals surface area contributed by atoms with Crippen LogP contribution in [-0.2, 0) is 4.74 Å². The summed E-state index contributed by atoms with van der Waals surface area (Å²) in [7, 11) is 0. The lowest BCUT2D eigenvalue weighted by Crippen LogP contribution is -2.60. The third kappa shape index (κ3) is 3.37. The van der Waals surface area contributed by atoms with E-state index >= 15 is 0 Å². The molecular formula is C20H20ClNO6. The predicted molar refractivity (Wildman–Crippen MR) is 103 cm³/mol. The normalized spacial score (nSPS) is 27.8. The lowest BCUT2D eigenvalue weighted by Gasteiger charge is -2.39. The van der Waals surface area contributed by atoms with Gasteiger partial charge in [-0.25, -0.2) is 0 Å². The Balaban J connectivity index is 1.58. The molecule has 28 heavy (non-hydrogen) atoms. The lowest BCUT2D eigenvalue weighted by atomic mass is 9.99. The second-order valence-corrected chi connectivity index (χ2v) is 7.08. The predicted octanol–water partition coefficient (Wildman–Crippen LogP) is 1.46. The molecule has 4 N–H and O–H groups in total. The number of rotatable bonds is 4. The minimum atomic E-state index is -1.51. The molecule has 3 unspecified atom stereocenters. The summed E-state index contributed by atoms with van der Waals surface area (Å²) in [5.41, 5.74) is 1.86. The van der Waals surface area contributed by atoms with Crippen molar-refractivity contribution in [2.24, 2.45) is 0 Å². The highest BCUT2D eigenvalue weighted by Gasteiger charge is 2.44. The second-order valence-electron chi connectivity index (χ2n) is 6.67. The van der Waals surface area contributed by atoms with Gasteiger partial charge in [-0.1, -0.05) is 29.8 Å². The van der Waals surface area contributed by atoms with Gasteiger partial charge in [-0.3, -0.25) is 0 Å². The fourth-order valence-electron chi connectivity index (χ4n) is 3.33.